The first-order chi connectivity index (χ1) is 10.6. The fraction of sp³-hybridized carbons (Fsp3) is 0.588. The van der Waals surface area contributed by atoms with Gasteiger partial charge in [0, 0.05) is 29.2 Å². The van der Waals surface area contributed by atoms with E-state index in [4.69, 9.17) is 23.2 Å². The molecule has 1 aromatic carbocycles. The van der Waals surface area contributed by atoms with Crippen molar-refractivity contribution in [2.24, 2.45) is 0 Å². The van der Waals surface area contributed by atoms with Crippen LogP contribution in [-0.4, -0.2) is 36.5 Å². The molecule has 0 saturated carbocycles. The number of piperidine rings is 1. The van der Waals surface area contributed by atoms with Gasteiger partial charge in [0.25, 0.3) is 0 Å². The molecule has 1 aromatic rings. The maximum Gasteiger partial charge on any atom is 0.224 e. The van der Waals surface area contributed by atoms with Gasteiger partial charge in [0.2, 0.25) is 5.91 Å². The van der Waals surface area contributed by atoms with E-state index in [1.54, 1.807) is 18.2 Å². The maximum atomic E-state index is 12.1. The van der Waals surface area contributed by atoms with Gasteiger partial charge in [-0.2, -0.15) is 0 Å². The van der Waals surface area contributed by atoms with Crippen LogP contribution >= 0.6 is 23.2 Å². The standard InChI is InChI=1S/C17H24Cl2N2O/c1-2-13-6-3-4-10-21(13)11-9-20-17(22)12-14-15(18)7-5-8-16(14)19/h5,7-8,13H,2-4,6,9-12H2,1H3,(H,20,22). The lowest BCUT2D eigenvalue weighted by atomic mass is 10.0. The number of carbonyl (C=O) groups excluding carboxylic acids is 1. The molecule has 122 valence electrons. The summed E-state index contributed by atoms with van der Waals surface area (Å²) in [7, 11) is 0. The van der Waals surface area contributed by atoms with Gasteiger partial charge in [0.15, 0.2) is 0 Å². The molecule has 1 unspecified atom stereocenters. The fourth-order valence-corrected chi connectivity index (χ4v) is 3.61. The Morgan fingerprint density at radius 3 is 2.73 bits per heavy atom. The molecule has 1 fully saturated rings. The van der Waals surface area contributed by atoms with Gasteiger partial charge >= 0.3 is 0 Å². The third kappa shape index (κ3) is 4.87. The van der Waals surface area contributed by atoms with Crippen LogP contribution in [-0.2, 0) is 11.2 Å². The largest absolute Gasteiger partial charge is 0.355 e. The summed E-state index contributed by atoms with van der Waals surface area (Å²) in [6.45, 7) is 4.98. The topological polar surface area (TPSA) is 32.3 Å². The van der Waals surface area contributed by atoms with Crippen LogP contribution in [0, 0.1) is 0 Å². The summed E-state index contributed by atoms with van der Waals surface area (Å²) in [4.78, 5) is 14.6. The van der Waals surface area contributed by atoms with Gasteiger partial charge in [0.05, 0.1) is 6.42 Å². The quantitative estimate of drug-likeness (QED) is 0.849. The molecule has 1 aliphatic rings. The first-order valence-corrected chi connectivity index (χ1v) is 8.81. The molecule has 2 rings (SSSR count). The minimum absolute atomic E-state index is 0.0277. The molecule has 0 radical (unpaired) electrons. The Bertz CT molecular complexity index is 487. The summed E-state index contributed by atoms with van der Waals surface area (Å²) in [5, 5.41) is 4.07. The van der Waals surface area contributed by atoms with Crippen LogP contribution in [0.4, 0.5) is 0 Å². The predicted molar refractivity (Wildman–Crippen MR) is 92.7 cm³/mol. The van der Waals surface area contributed by atoms with E-state index in [1.807, 2.05) is 0 Å². The minimum Gasteiger partial charge on any atom is -0.355 e. The Balaban J connectivity index is 1.78. The molecule has 1 saturated heterocycles. The predicted octanol–water partition coefficient (Wildman–Crippen LogP) is 3.92. The number of amides is 1. The van der Waals surface area contributed by atoms with Crippen LogP contribution in [0.15, 0.2) is 18.2 Å². The summed E-state index contributed by atoms with van der Waals surface area (Å²) in [6.07, 6.45) is 5.28. The number of benzene rings is 1. The van der Waals surface area contributed by atoms with E-state index in [9.17, 15) is 4.79 Å². The van der Waals surface area contributed by atoms with E-state index in [1.165, 1.54) is 25.7 Å². The van der Waals surface area contributed by atoms with E-state index in [-0.39, 0.29) is 12.3 Å². The Labute approximate surface area is 143 Å². The van der Waals surface area contributed by atoms with Crippen LogP contribution in [0.5, 0.6) is 0 Å². The Morgan fingerprint density at radius 2 is 2.05 bits per heavy atom. The van der Waals surface area contributed by atoms with E-state index in [0.717, 1.165) is 13.1 Å². The van der Waals surface area contributed by atoms with Crippen molar-refractivity contribution < 1.29 is 4.79 Å². The van der Waals surface area contributed by atoms with E-state index in [0.29, 0.717) is 28.2 Å². The van der Waals surface area contributed by atoms with E-state index in [2.05, 4.69) is 17.1 Å². The zero-order chi connectivity index (χ0) is 15.9. The first kappa shape index (κ1) is 17.6. The van der Waals surface area contributed by atoms with Crippen LogP contribution in [0.3, 0.4) is 0 Å². The highest BCUT2D eigenvalue weighted by Gasteiger charge is 2.20. The minimum atomic E-state index is -0.0277. The molecule has 1 heterocycles. The Hall–Kier alpha value is -0.770. The van der Waals surface area contributed by atoms with Crippen molar-refractivity contribution in [3.05, 3.63) is 33.8 Å². The van der Waals surface area contributed by atoms with Crippen molar-refractivity contribution in [3.8, 4) is 0 Å². The lowest BCUT2D eigenvalue weighted by Gasteiger charge is -2.35. The van der Waals surface area contributed by atoms with Gasteiger partial charge in [-0.05, 0) is 43.5 Å². The molecular weight excluding hydrogens is 319 g/mol. The van der Waals surface area contributed by atoms with Gasteiger partial charge in [-0.25, -0.2) is 0 Å². The lowest BCUT2D eigenvalue weighted by Crippen LogP contribution is -2.43. The van der Waals surface area contributed by atoms with Gasteiger partial charge in [-0.1, -0.05) is 42.6 Å². The monoisotopic (exact) mass is 342 g/mol. The summed E-state index contributed by atoms with van der Waals surface area (Å²) >= 11 is 12.2. The molecule has 3 nitrogen and oxygen atoms in total. The lowest BCUT2D eigenvalue weighted by molar-refractivity contribution is -0.120. The average molecular weight is 343 g/mol. The smallest absolute Gasteiger partial charge is 0.224 e. The molecule has 5 heteroatoms. The summed E-state index contributed by atoms with van der Waals surface area (Å²) < 4.78 is 0. The van der Waals surface area contributed by atoms with Gasteiger partial charge in [0.1, 0.15) is 0 Å². The summed E-state index contributed by atoms with van der Waals surface area (Å²) in [5.74, 6) is -0.0277. The molecule has 0 aliphatic carbocycles. The zero-order valence-electron chi connectivity index (χ0n) is 13.1. The summed E-state index contributed by atoms with van der Waals surface area (Å²) in [6, 6.07) is 5.97. The molecule has 1 amide bonds. The molecule has 1 atom stereocenters. The molecule has 1 N–H and O–H groups in total. The van der Waals surface area contributed by atoms with Crippen LogP contribution < -0.4 is 5.32 Å². The summed E-state index contributed by atoms with van der Waals surface area (Å²) in [5.41, 5.74) is 0.702. The number of likely N-dealkylation sites (tertiary alicyclic amines) is 1. The van der Waals surface area contributed by atoms with E-state index < -0.39 is 0 Å². The first-order valence-electron chi connectivity index (χ1n) is 8.05. The highest BCUT2D eigenvalue weighted by Crippen LogP contribution is 2.24. The SMILES string of the molecule is CCC1CCCCN1CCNC(=O)Cc1c(Cl)cccc1Cl. The Kier molecular flexibility index (Phi) is 7.00. The zero-order valence-corrected chi connectivity index (χ0v) is 14.6. The number of nitrogens with zero attached hydrogens (tertiary/aromatic N) is 1. The van der Waals surface area contributed by atoms with Crippen LogP contribution in [0.1, 0.15) is 38.2 Å². The highest BCUT2D eigenvalue weighted by atomic mass is 35.5. The normalized spacial score (nSPS) is 19.1. The van der Waals surface area contributed by atoms with Gasteiger partial charge in [-0.15, -0.1) is 0 Å². The number of carbonyl (C=O) groups is 1. The average Bonchev–Trinajstić information content (AvgIpc) is 2.51. The number of nitrogens with one attached hydrogen (secondary N) is 1. The van der Waals surface area contributed by atoms with Crippen molar-refractivity contribution in [2.45, 2.75) is 45.1 Å². The van der Waals surface area contributed by atoms with Crippen molar-refractivity contribution in [1.29, 1.82) is 0 Å². The molecule has 0 bridgehead atoms. The Morgan fingerprint density at radius 1 is 1.32 bits per heavy atom. The third-order valence-corrected chi connectivity index (χ3v) is 5.05. The molecule has 1 aliphatic heterocycles. The second-order valence-corrected chi connectivity index (χ2v) is 6.64. The van der Waals surface area contributed by atoms with Crippen LogP contribution in [0.2, 0.25) is 10.0 Å². The second-order valence-electron chi connectivity index (χ2n) is 5.82. The molecule has 0 aromatic heterocycles. The second kappa shape index (κ2) is 8.76. The number of rotatable bonds is 6. The van der Waals surface area contributed by atoms with Gasteiger partial charge < -0.3 is 5.32 Å². The van der Waals surface area contributed by atoms with Crippen molar-refractivity contribution in [3.63, 3.8) is 0 Å². The van der Waals surface area contributed by atoms with Crippen LogP contribution in [0.25, 0.3) is 0 Å². The van der Waals surface area contributed by atoms with Crippen molar-refractivity contribution >= 4 is 29.1 Å². The van der Waals surface area contributed by atoms with Gasteiger partial charge in [-0.3, -0.25) is 9.69 Å². The fourth-order valence-electron chi connectivity index (χ4n) is 3.08. The highest BCUT2D eigenvalue weighted by molar-refractivity contribution is 6.36. The molecular formula is C17H24Cl2N2O. The maximum absolute atomic E-state index is 12.1. The number of halogens is 2. The third-order valence-electron chi connectivity index (χ3n) is 4.34. The number of hydrogen-bond donors (Lipinski definition) is 1. The van der Waals surface area contributed by atoms with Crippen molar-refractivity contribution in [1.82, 2.24) is 10.2 Å². The number of hydrogen-bond acceptors (Lipinski definition) is 2. The molecule has 0 spiro atoms. The van der Waals surface area contributed by atoms with E-state index >= 15 is 0 Å². The molecule has 22 heavy (non-hydrogen) atoms. The van der Waals surface area contributed by atoms with Crippen molar-refractivity contribution in [2.75, 3.05) is 19.6 Å².